The maximum atomic E-state index is 12.1. The number of carbonyl (C=O) groups is 1. The lowest BCUT2D eigenvalue weighted by Gasteiger charge is -2.32. The molecule has 6 heteroatoms. The van der Waals surface area contributed by atoms with Crippen molar-refractivity contribution >= 4 is 29.0 Å². The van der Waals surface area contributed by atoms with Crippen LogP contribution in [0.4, 0.5) is 11.4 Å². The molecule has 2 aliphatic heterocycles. The van der Waals surface area contributed by atoms with Crippen molar-refractivity contribution in [3.05, 3.63) is 48.5 Å². The zero-order chi connectivity index (χ0) is 17.8. The maximum Gasteiger partial charge on any atom is 0.251 e. The molecule has 26 heavy (non-hydrogen) atoms. The number of hydrogen-bond donors (Lipinski definition) is 1. The zero-order valence-electron chi connectivity index (χ0n) is 14.5. The van der Waals surface area contributed by atoms with Crippen LogP contribution in [-0.2, 0) is 14.3 Å². The molecule has 5 nitrogen and oxygen atoms in total. The molecule has 1 fully saturated rings. The number of amides is 1. The Morgan fingerprint density at radius 2 is 1.77 bits per heavy atom. The predicted molar refractivity (Wildman–Crippen MR) is 102 cm³/mol. The van der Waals surface area contributed by atoms with Crippen LogP contribution in [0.15, 0.2) is 58.3 Å². The average Bonchev–Trinajstić information content (AvgIpc) is 2.71. The second-order valence-corrected chi connectivity index (χ2v) is 7.35. The van der Waals surface area contributed by atoms with Gasteiger partial charge in [0.25, 0.3) is 5.91 Å². The van der Waals surface area contributed by atoms with Gasteiger partial charge in [-0.2, -0.15) is 0 Å². The number of para-hydroxylation sites is 2. The van der Waals surface area contributed by atoms with E-state index in [0.29, 0.717) is 26.4 Å². The van der Waals surface area contributed by atoms with E-state index in [0.717, 1.165) is 13.0 Å². The van der Waals surface area contributed by atoms with Crippen molar-refractivity contribution in [3.63, 3.8) is 0 Å². The van der Waals surface area contributed by atoms with E-state index < -0.39 is 6.10 Å². The van der Waals surface area contributed by atoms with Gasteiger partial charge < -0.3 is 19.7 Å². The summed E-state index contributed by atoms with van der Waals surface area (Å²) in [4.78, 5) is 17.0. The quantitative estimate of drug-likeness (QED) is 0.819. The van der Waals surface area contributed by atoms with Crippen molar-refractivity contribution in [1.82, 2.24) is 5.32 Å². The summed E-state index contributed by atoms with van der Waals surface area (Å²) < 4.78 is 10.7. The highest BCUT2D eigenvalue weighted by Gasteiger charge is 2.24. The van der Waals surface area contributed by atoms with E-state index in [4.69, 9.17) is 9.47 Å². The second-order valence-electron chi connectivity index (χ2n) is 6.27. The lowest BCUT2D eigenvalue weighted by Crippen LogP contribution is -2.43. The van der Waals surface area contributed by atoms with Gasteiger partial charge in [-0.1, -0.05) is 36.0 Å². The molecule has 0 aromatic heterocycles. The normalized spacial score (nSPS) is 18.8. The van der Waals surface area contributed by atoms with Crippen LogP contribution in [0.25, 0.3) is 0 Å². The largest absolute Gasteiger partial charge is 0.376 e. The van der Waals surface area contributed by atoms with Crippen molar-refractivity contribution < 1.29 is 14.3 Å². The van der Waals surface area contributed by atoms with Gasteiger partial charge in [-0.3, -0.25) is 4.79 Å². The Morgan fingerprint density at radius 1 is 1.08 bits per heavy atom. The number of nitrogens with zero attached hydrogens (tertiary/aromatic N) is 1. The Hall–Kier alpha value is -2.02. The molecule has 2 aliphatic rings. The molecule has 2 heterocycles. The van der Waals surface area contributed by atoms with E-state index in [2.05, 4.69) is 58.7 Å². The van der Waals surface area contributed by atoms with E-state index in [9.17, 15) is 4.79 Å². The molecule has 0 aliphatic carbocycles. The van der Waals surface area contributed by atoms with Gasteiger partial charge in [0.1, 0.15) is 0 Å². The Balaban J connectivity index is 1.38. The molecule has 136 valence electrons. The molecular weight excluding hydrogens is 348 g/mol. The van der Waals surface area contributed by atoms with E-state index in [1.165, 1.54) is 21.2 Å². The SMILES string of the molecule is O=C(NCCCN1c2ccccc2Sc2ccccc21)[C@H]1COCCO1. The highest BCUT2D eigenvalue weighted by molar-refractivity contribution is 7.99. The number of ether oxygens (including phenoxy) is 2. The number of anilines is 2. The van der Waals surface area contributed by atoms with Crippen LogP contribution in [0.2, 0.25) is 0 Å². The van der Waals surface area contributed by atoms with Crippen LogP contribution >= 0.6 is 11.8 Å². The van der Waals surface area contributed by atoms with E-state index in [-0.39, 0.29) is 5.91 Å². The topological polar surface area (TPSA) is 50.8 Å². The van der Waals surface area contributed by atoms with Gasteiger partial charge in [-0.15, -0.1) is 0 Å². The fourth-order valence-electron chi connectivity index (χ4n) is 3.22. The summed E-state index contributed by atoms with van der Waals surface area (Å²) >= 11 is 1.81. The van der Waals surface area contributed by atoms with Crippen LogP contribution in [-0.4, -0.2) is 44.9 Å². The number of benzene rings is 2. The zero-order valence-corrected chi connectivity index (χ0v) is 15.3. The van der Waals surface area contributed by atoms with E-state index in [1.54, 1.807) is 0 Å². The van der Waals surface area contributed by atoms with E-state index in [1.807, 2.05) is 11.8 Å². The first-order valence-electron chi connectivity index (χ1n) is 8.93. The van der Waals surface area contributed by atoms with Crippen molar-refractivity contribution in [1.29, 1.82) is 0 Å². The monoisotopic (exact) mass is 370 g/mol. The summed E-state index contributed by atoms with van der Waals surface area (Å²) in [6.45, 7) is 2.85. The summed E-state index contributed by atoms with van der Waals surface area (Å²) in [6, 6.07) is 16.9. The van der Waals surface area contributed by atoms with E-state index >= 15 is 0 Å². The van der Waals surface area contributed by atoms with Crippen LogP contribution < -0.4 is 10.2 Å². The molecule has 2 aromatic rings. The van der Waals surface area contributed by atoms with Gasteiger partial charge in [0, 0.05) is 22.9 Å². The average molecular weight is 370 g/mol. The minimum Gasteiger partial charge on any atom is -0.376 e. The first-order valence-corrected chi connectivity index (χ1v) is 9.75. The fourth-order valence-corrected chi connectivity index (χ4v) is 4.32. The minimum atomic E-state index is -0.475. The van der Waals surface area contributed by atoms with Crippen LogP contribution in [0, 0.1) is 0 Å². The van der Waals surface area contributed by atoms with Crippen molar-refractivity contribution in [2.75, 3.05) is 37.8 Å². The fraction of sp³-hybridized carbons (Fsp3) is 0.350. The molecule has 4 rings (SSSR count). The summed E-state index contributed by atoms with van der Waals surface area (Å²) in [5.41, 5.74) is 2.46. The van der Waals surface area contributed by atoms with Crippen LogP contribution in [0.1, 0.15) is 6.42 Å². The summed E-state index contributed by atoms with van der Waals surface area (Å²) in [6.07, 6.45) is 0.378. The number of fused-ring (bicyclic) bond motifs is 2. The predicted octanol–water partition coefficient (Wildman–Crippen LogP) is 3.21. The third kappa shape index (κ3) is 3.72. The molecule has 1 saturated heterocycles. The molecule has 0 saturated carbocycles. The number of hydrogen-bond acceptors (Lipinski definition) is 5. The summed E-state index contributed by atoms with van der Waals surface area (Å²) in [7, 11) is 0. The van der Waals surface area contributed by atoms with Crippen LogP contribution in [0.5, 0.6) is 0 Å². The molecular formula is C20H22N2O3S. The van der Waals surface area contributed by atoms with Gasteiger partial charge in [-0.25, -0.2) is 0 Å². The number of nitrogens with one attached hydrogen (secondary N) is 1. The smallest absolute Gasteiger partial charge is 0.251 e. The third-order valence-electron chi connectivity index (χ3n) is 4.50. The second kappa shape index (κ2) is 8.12. The molecule has 0 bridgehead atoms. The van der Waals surface area contributed by atoms with Crippen LogP contribution in [0.3, 0.4) is 0 Å². The lowest BCUT2D eigenvalue weighted by molar-refractivity contribution is -0.147. The summed E-state index contributed by atoms with van der Waals surface area (Å²) in [5.74, 6) is -0.0836. The van der Waals surface area contributed by atoms with Gasteiger partial charge >= 0.3 is 0 Å². The number of rotatable bonds is 5. The Labute approximate surface area is 157 Å². The first-order chi connectivity index (χ1) is 12.8. The molecule has 0 spiro atoms. The molecule has 1 atom stereocenters. The maximum absolute atomic E-state index is 12.1. The first kappa shape index (κ1) is 17.4. The third-order valence-corrected chi connectivity index (χ3v) is 5.63. The highest BCUT2D eigenvalue weighted by atomic mass is 32.2. The van der Waals surface area contributed by atoms with Crippen molar-refractivity contribution in [2.45, 2.75) is 22.3 Å². The van der Waals surface area contributed by atoms with Crippen molar-refractivity contribution in [2.24, 2.45) is 0 Å². The van der Waals surface area contributed by atoms with Gasteiger partial charge in [0.05, 0.1) is 31.2 Å². The number of carbonyl (C=O) groups excluding carboxylic acids is 1. The molecule has 1 amide bonds. The van der Waals surface area contributed by atoms with Crippen molar-refractivity contribution in [3.8, 4) is 0 Å². The lowest BCUT2D eigenvalue weighted by atomic mass is 10.2. The van der Waals surface area contributed by atoms with Gasteiger partial charge in [-0.05, 0) is 30.7 Å². The van der Waals surface area contributed by atoms with Gasteiger partial charge in [0.2, 0.25) is 0 Å². The molecule has 2 aromatic carbocycles. The minimum absolute atomic E-state index is 0.0836. The molecule has 0 unspecified atom stereocenters. The Kier molecular flexibility index (Phi) is 5.43. The standard InChI is InChI=1S/C20H22N2O3S/c23-20(17-14-24-12-13-25-17)21-10-5-11-22-15-6-1-3-8-18(15)26-19-9-4-2-7-16(19)22/h1-4,6-9,17H,5,10-14H2,(H,21,23)/t17-/m1/s1. The Morgan fingerprint density at radius 3 is 2.42 bits per heavy atom. The summed E-state index contributed by atoms with van der Waals surface area (Å²) in [5, 5.41) is 2.96. The Bertz CT molecular complexity index is 732. The highest BCUT2D eigenvalue weighted by Crippen LogP contribution is 2.47. The van der Waals surface area contributed by atoms with Gasteiger partial charge in [0.15, 0.2) is 6.10 Å². The molecule has 1 N–H and O–H groups in total. The molecule has 0 radical (unpaired) electrons.